The number of rotatable bonds is 3. The van der Waals surface area contributed by atoms with Gasteiger partial charge in [0.05, 0.1) is 6.07 Å². The molecule has 0 radical (unpaired) electrons. The van der Waals surface area contributed by atoms with Crippen molar-refractivity contribution in [3.63, 3.8) is 0 Å². The van der Waals surface area contributed by atoms with Crippen LogP contribution in [0.15, 0.2) is 18.2 Å². The molecule has 0 spiro atoms. The Balaban J connectivity index is 2.64. The highest BCUT2D eigenvalue weighted by atomic mass is 35.5. The van der Waals surface area contributed by atoms with Gasteiger partial charge in [-0.3, -0.25) is 0 Å². The number of nitriles is 1. The molecule has 1 unspecified atom stereocenters. The van der Waals surface area contributed by atoms with Gasteiger partial charge in [-0.2, -0.15) is 5.26 Å². The number of nitrogens with zero attached hydrogens (tertiary/aromatic N) is 1. The molecule has 2 nitrogen and oxygen atoms in total. The van der Waals surface area contributed by atoms with E-state index in [1.54, 1.807) is 6.07 Å². The molecular formula is C9H6ClF2NO. The van der Waals surface area contributed by atoms with Crippen molar-refractivity contribution in [1.29, 1.82) is 5.26 Å². The second-order valence-corrected chi connectivity index (χ2v) is 3.01. The number of alkyl halides is 1. The van der Waals surface area contributed by atoms with Crippen LogP contribution in [0.2, 0.25) is 0 Å². The van der Waals surface area contributed by atoms with Crippen molar-refractivity contribution >= 4 is 11.6 Å². The first-order chi connectivity index (χ1) is 6.63. The Labute approximate surface area is 84.7 Å². The van der Waals surface area contributed by atoms with Crippen molar-refractivity contribution in [2.24, 2.45) is 0 Å². The molecule has 0 N–H and O–H groups in total. The predicted octanol–water partition coefficient (Wildman–Crippen LogP) is 2.47. The van der Waals surface area contributed by atoms with Crippen molar-refractivity contribution < 1.29 is 13.5 Å². The molecule has 0 aliphatic rings. The molecule has 0 amide bonds. The maximum atomic E-state index is 12.9. The van der Waals surface area contributed by atoms with Crippen molar-refractivity contribution in [3.05, 3.63) is 29.8 Å². The standard InChI is InChI=1S/C9H6ClF2NO/c10-6(4-13)5-14-9-2-1-7(11)3-8(9)12/h1-3,6H,5H2. The average Bonchev–Trinajstić information content (AvgIpc) is 2.16. The number of halogens is 3. The van der Waals surface area contributed by atoms with Gasteiger partial charge in [0.2, 0.25) is 0 Å². The number of ether oxygens (including phenoxy) is 1. The lowest BCUT2D eigenvalue weighted by molar-refractivity contribution is 0.310. The quantitative estimate of drug-likeness (QED) is 0.729. The summed E-state index contributed by atoms with van der Waals surface area (Å²) >= 11 is 5.42. The Kier molecular flexibility index (Phi) is 3.66. The fourth-order valence-corrected chi connectivity index (χ4v) is 0.855. The van der Waals surface area contributed by atoms with Crippen LogP contribution in [0.4, 0.5) is 8.78 Å². The summed E-state index contributed by atoms with van der Waals surface area (Å²) in [7, 11) is 0. The molecule has 1 aromatic rings. The smallest absolute Gasteiger partial charge is 0.167 e. The number of hydrogen-bond acceptors (Lipinski definition) is 2. The first-order valence-corrected chi connectivity index (χ1v) is 4.18. The van der Waals surface area contributed by atoms with Crippen LogP contribution in [0.25, 0.3) is 0 Å². The molecule has 14 heavy (non-hydrogen) atoms. The van der Waals surface area contributed by atoms with Crippen LogP contribution in [0.5, 0.6) is 5.75 Å². The van der Waals surface area contributed by atoms with E-state index in [1.165, 1.54) is 0 Å². The highest BCUT2D eigenvalue weighted by molar-refractivity contribution is 6.22. The third kappa shape index (κ3) is 2.86. The zero-order valence-electron chi connectivity index (χ0n) is 7.01. The van der Waals surface area contributed by atoms with Gasteiger partial charge < -0.3 is 4.74 Å². The summed E-state index contributed by atoms with van der Waals surface area (Å²) in [5, 5.41) is 7.46. The zero-order valence-corrected chi connectivity index (χ0v) is 7.76. The summed E-state index contributed by atoms with van der Waals surface area (Å²) in [5.74, 6) is -1.61. The molecule has 0 aliphatic heterocycles. The lowest BCUT2D eigenvalue weighted by Crippen LogP contribution is -2.09. The molecule has 0 bridgehead atoms. The number of hydrogen-bond donors (Lipinski definition) is 0. The monoisotopic (exact) mass is 217 g/mol. The van der Waals surface area contributed by atoms with Crippen LogP contribution in [0.1, 0.15) is 0 Å². The zero-order chi connectivity index (χ0) is 10.6. The summed E-state index contributed by atoms with van der Waals surface area (Å²) in [6.45, 7) is -0.138. The molecule has 0 saturated carbocycles. The second-order valence-electron chi connectivity index (χ2n) is 2.48. The summed E-state index contributed by atoms with van der Waals surface area (Å²) in [5.41, 5.74) is 0. The highest BCUT2D eigenvalue weighted by Crippen LogP contribution is 2.17. The summed E-state index contributed by atoms with van der Waals surface area (Å²) in [4.78, 5) is 0. The third-order valence-electron chi connectivity index (χ3n) is 1.42. The fraction of sp³-hybridized carbons (Fsp3) is 0.222. The van der Waals surface area contributed by atoms with Crippen LogP contribution < -0.4 is 4.74 Å². The predicted molar refractivity (Wildman–Crippen MR) is 47.1 cm³/mol. The van der Waals surface area contributed by atoms with Crippen LogP contribution in [-0.2, 0) is 0 Å². The normalized spacial score (nSPS) is 11.9. The van der Waals surface area contributed by atoms with Crippen LogP contribution >= 0.6 is 11.6 Å². The molecule has 1 rings (SSSR count). The minimum absolute atomic E-state index is 0.118. The SMILES string of the molecule is N#CC(Cl)COc1ccc(F)cc1F. The van der Waals surface area contributed by atoms with Gasteiger partial charge in [0, 0.05) is 6.07 Å². The lowest BCUT2D eigenvalue weighted by Gasteiger charge is -2.06. The summed E-state index contributed by atoms with van der Waals surface area (Å²) in [6.07, 6.45) is 0. The fourth-order valence-electron chi connectivity index (χ4n) is 0.792. The van der Waals surface area contributed by atoms with Gasteiger partial charge in [0.25, 0.3) is 0 Å². The van der Waals surface area contributed by atoms with E-state index in [9.17, 15) is 8.78 Å². The lowest BCUT2D eigenvalue weighted by atomic mass is 10.3. The van der Waals surface area contributed by atoms with Crippen molar-refractivity contribution in [1.82, 2.24) is 0 Å². The average molecular weight is 218 g/mol. The first-order valence-electron chi connectivity index (χ1n) is 3.75. The second kappa shape index (κ2) is 4.77. The maximum Gasteiger partial charge on any atom is 0.167 e. The molecular weight excluding hydrogens is 212 g/mol. The maximum absolute atomic E-state index is 12.9. The Morgan fingerprint density at radius 1 is 1.50 bits per heavy atom. The minimum Gasteiger partial charge on any atom is -0.488 e. The number of benzene rings is 1. The van der Waals surface area contributed by atoms with Crippen molar-refractivity contribution in [2.45, 2.75) is 5.38 Å². The molecule has 0 saturated heterocycles. The summed E-state index contributed by atoms with van der Waals surface area (Å²) < 4.78 is 30.2. The van der Waals surface area contributed by atoms with Crippen molar-refractivity contribution in [3.8, 4) is 11.8 Å². The molecule has 0 aromatic heterocycles. The minimum atomic E-state index is -0.848. The topological polar surface area (TPSA) is 33.0 Å². The Morgan fingerprint density at radius 2 is 2.21 bits per heavy atom. The highest BCUT2D eigenvalue weighted by Gasteiger charge is 2.07. The van der Waals surface area contributed by atoms with Gasteiger partial charge in [-0.25, -0.2) is 8.78 Å². The van der Waals surface area contributed by atoms with Gasteiger partial charge in [-0.15, -0.1) is 11.6 Å². The van der Waals surface area contributed by atoms with E-state index >= 15 is 0 Å². The Hall–Kier alpha value is -1.34. The van der Waals surface area contributed by atoms with E-state index in [0.717, 1.165) is 12.1 Å². The van der Waals surface area contributed by atoms with Crippen LogP contribution in [0, 0.1) is 23.0 Å². The van der Waals surface area contributed by atoms with E-state index in [1.807, 2.05) is 0 Å². The summed E-state index contributed by atoms with van der Waals surface area (Å²) in [6, 6.07) is 4.62. The van der Waals surface area contributed by atoms with E-state index in [0.29, 0.717) is 6.07 Å². The van der Waals surface area contributed by atoms with Gasteiger partial charge in [-0.1, -0.05) is 0 Å². The molecule has 0 heterocycles. The van der Waals surface area contributed by atoms with E-state index in [2.05, 4.69) is 0 Å². The molecule has 0 fully saturated rings. The molecule has 0 aliphatic carbocycles. The van der Waals surface area contributed by atoms with Crippen LogP contribution in [0.3, 0.4) is 0 Å². The van der Waals surface area contributed by atoms with Gasteiger partial charge >= 0.3 is 0 Å². The van der Waals surface area contributed by atoms with Gasteiger partial charge in [0.15, 0.2) is 16.9 Å². The molecule has 5 heteroatoms. The van der Waals surface area contributed by atoms with Gasteiger partial charge in [0.1, 0.15) is 12.4 Å². The Morgan fingerprint density at radius 3 is 2.79 bits per heavy atom. The largest absolute Gasteiger partial charge is 0.488 e. The van der Waals surface area contributed by atoms with E-state index in [4.69, 9.17) is 21.6 Å². The first kappa shape index (κ1) is 10.7. The third-order valence-corrected chi connectivity index (χ3v) is 1.64. The molecule has 74 valence electrons. The Bertz CT molecular complexity index is 364. The van der Waals surface area contributed by atoms with Crippen molar-refractivity contribution in [2.75, 3.05) is 6.61 Å². The van der Waals surface area contributed by atoms with Gasteiger partial charge in [-0.05, 0) is 12.1 Å². The molecule has 1 atom stereocenters. The van der Waals surface area contributed by atoms with Crippen LogP contribution in [-0.4, -0.2) is 12.0 Å². The van der Waals surface area contributed by atoms with E-state index < -0.39 is 17.0 Å². The van der Waals surface area contributed by atoms with E-state index in [-0.39, 0.29) is 12.4 Å². The molecule has 1 aromatic carbocycles.